The van der Waals surface area contributed by atoms with E-state index in [0.29, 0.717) is 41.4 Å². The summed E-state index contributed by atoms with van der Waals surface area (Å²) in [5.41, 5.74) is 1.81. The number of benzene rings is 1. The molecule has 162 valence electrons. The van der Waals surface area contributed by atoms with Gasteiger partial charge in [-0.15, -0.1) is 0 Å². The minimum atomic E-state index is -0.476. The van der Waals surface area contributed by atoms with Crippen LogP contribution in [-0.4, -0.2) is 32.0 Å². The van der Waals surface area contributed by atoms with Gasteiger partial charge in [-0.1, -0.05) is 6.07 Å². The Balaban J connectivity index is 1.49. The normalized spacial score (nSPS) is 16.0. The number of fused-ring (bicyclic) bond motifs is 1. The number of nitrogens with one attached hydrogen (secondary N) is 1. The number of hydrogen-bond acceptors (Lipinski definition) is 5. The van der Waals surface area contributed by atoms with Crippen LogP contribution in [0.4, 0.5) is 20.4 Å². The SMILES string of the molecule is Cc1cccnc1NC(=O)c1cnn2ccc(N3CCCC3c3cc(F)ccc3F)nc12. The first-order valence-corrected chi connectivity index (χ1v) is 10.3. The van der Waals surface area contributed by atoms with Gasteiger partial charge in [-0.25, -0.2) is 23.3 Å². The molecule has 1 aromatic carbocycles. The number of carbonyl (C=O) groups is 1. The van der Waals surface area contributed by atoms with Crippen molar-refractivity contribution >= 4 is 23.2 Å². The molecule has 1 saturated heterocycles. The molecule has 0 aliphatic carbocycles. The Morgan fingerprint density at radius 1 is 1.22 bits per heavy atom. The van der Waals surface area contributed by atoms with E-state index in [1.54, 1.807) is 24.5 Å². The first kappa shape index (κ1) is 20.0. The fourth-order valence-corrected chi connectivity index (χ4v) is 4.11. The number of nitrogens with zero attached hydrogens (tertiary/aromatic N) is 5. The topological polar surface area (TPSA) is 75.4 Å². The largest absolute Gasteiger partial charge is 0.349 e. The molecule has 7 nitrogen and oxygen atoms in total. The van der Waals surface area contributed by atoms with Gasteiger partial charge in [0.15, 0.2) is 5.65 Å². The summed E-state index contributed by atoms with van der Waals surface area (Å²) >= 11 is 0. The third-order valence-corrected chi connectivity index (χ3v) is 5.70. The summed E-state index contributed by atoms with van der Waals surface area (Å²) in [7, 11) is 0. The Labute approximate surface area is 182 Å². The number of carbonyl (C=O) groups excluding carboxylic acids is 1. The first-order valence-electron chi connectivity index (χ1n) is 10.3. The van der Waals surface area contributed by atoms with Gasteiger partial charge in [-0.3, -0.25) is 4.79 Å². The maximum Gasteiger partial charge on any atom is 0.262 e. The zero-order valence-corrected chi connectivity index (χ0v) is 17.3. The molecule has 1 fully saturated rings. The molecular weight excluding hydrogens is 414 g/mol. The van der Waals surface area contributed by atoms with Crippen molar-refractivity contribution in [3.8, 4) is 0 Å². The summed E-state index contributed by atoms with van der Waals surface area (Å²) in [6.45, 7) is 2.50. The van der Waals surface area contributed by atoms with E-state index in [0.717, 1.165) is 24.1 Å². The molecule has 1 atom stereocenters. The van der Waals surface area contributed by atoms with Crippen molar-refractivity contribution in [2.24, 2.45) is 0 Å². The molecule has 3 aromatic heterocycles. The highest BCUT2D eigenvalue weighted by Crippen LogP contribution is 2.36. The predicted molar refractivity (Wildman–Crippen MR) is 116 cm³/mol. The third kappa shape index (κ3) is 3.55. The highest BCUT2D eigenvalue weighted by Gasteiger charge is 2.30. The average molecular weight is 434 g/mol. The monoisotopic (exact) mass is 434 g/mol. The molecule has 32 heavy (non-hydrogen) atoms. The van der Waals surface area contributed by atoms with E-state index in [1.165, 1.54) is 16.8 Å². The van der Waals surface area contributed by atoms with E-state index < -0.39 is 11.6 Å². The van der Waals surface area contributed by atoms with Crippen molar-refractivity contribution < 1.29 is 13.6 Å². The van der Waals surface area contributed by atoms with Gasteiger partial charge in [-0.2, -0.15) is 5.10 Å². The predicted octanol–water partition coefficient (Wildman–Crippen LogP) is 4.30. The summed E-state index contributed by atoms with van der Waals surface area (Å²) < 4.78 is 29.7. The number of hydrogen-bond donors (Lipinski definition) is 1. The molecule has 1 aliphatic heterocycles. The van der Waals surface area contributed by atoms with E-state index in [9.17, 15) is 13.6 Å². The first-order chi connectivity index (χ1) is 15.5. The van der Waals surface area contributed by atoms with E-state index in [4.69, 9.17) is 0 Å². The Hall–Kier alpha value is -3.88. The van der Waals surface area contributed by atoms with Crippen LogP contribution in [0.25, 0.3) is 5.65 Å². The maximum absolute atomic E-state index is 14.4. The van der Waals surface area contributed by atoms with Gasteiger partial charge in [0.2, 0.25) is 0 Å². The van der Waals surface area contributed by atoms with Crippen molar-refractivity contribution in [1.82, 2.24) is 19.6 Å². The van der Waals surface area contributed by atoms with Crippen LogP contribution in [-0.2, 0) is 0 Å². The quantitative estimate of drug-likeness (QED) is 0.518. The molecular formula is C23H20F2N6O. The number of aryl methyl sites for hydroxylation is 1. The van der Waals surface area contributed by atoms with Gasteiger partial charge in [0.05, 0.1) is 12.2 Å². The summed E-state index contributed by atoms with van der Waals surface area (Å²) in [6.07, 6.45) is 6.26. The number of aromatic nitrogens is 4. The van der Waals surface area contributed by atoms with Crippen LogP contribution in [0, 0.1) is 18.6 Å². The minimum absolute atomic E-state index is 0.296. The molecule has 0 radical (unpaired) electrons. The van der Waals surface area contributed by atoms with Crippen LogP contribution in [0.5, 0.6) is 0 Å². The van der Waals surface area contributed by atoms with E-state index in [1.807, 2.05) is 17.9 Å². The number of halogens is 2. The molecule has 1 aliphatic rings. The highest BCUT2D eigenvalue weighted by molar-refractivity contribution is 6.08. The smallest absolute Gasteiger partial charge is 0.262 e. The van der Waals surface area contributed by atoms with E-state index in [-0.39, 0.29) is 11.9 Å². The second kappa shape index (κ2) is 7.99. The Kier molecular flexibility index (Phi) is 5.01. The molecule has 9 heteroatoms. The molecule has 0 bridgehead atoms. The second-order valence-corrected chi connectivity index (χ2v) is 7.75. The van der Waals surface area contributed by atoms with Crippen molar-refractivity contribution in [3.05, 3.63) is 83.3 Å². The van der Waals surface area contributed by atoms with Gasteiger partial charge in [0, 0.05) is 24.5 Å². The standard InChI is InChI=1S/C23H20F2N6O/c1-14-4-2-9-26-21(14)29-23(32)17-13-27-31-11-8-20(28-22(17)31)30-10-3-5-19(30)16-12-15(24)6-7-18(16)25/h2,4,6-9,11-13,19H,3,5,10H2,1H3,(H,26,29,32). The molecule has 1 unspecified atom stereocenters. The molecule has 4 aromatic rings. The lowest BCUT2D eigenvalue weighted by Gasteiger charge is -2.26. The van der Waals surface area contributed by atoms with E-state index >= 15 is 0 Å². The van der Waals surface area contributed by atoms with Crippen LogP contribution in [0.2, 0.25) is 0 Å². The highest BCUT2D eigenvalue weighted by atomic mass is 19.1. The number of rotatable bonds is 4. The Bertz CT molecular complexity index is 1320. The van der Waals surface area contributed by atoms with Crippen LogP contribution in [0.1, 0.15) is 40.4 Å². The van der Waals surface area contributed by atoms with Crippen molar-refractivity contribution in [2.75, 3.05) is 16.8 Å². The van der Waals surface area contributed by atoms with Crippen molar-refractivity contribution in [1.29, 1.82) is 0 Å². The van der Waals surface area contributed by atoms with Gasteiger partial charge >= 0.3 is 0 Å². The van der Waals surface area contributed by atoms with Crippen LogP contribution in [0.3, 0.4) is 0 Å². The minimum Gasteiger partial charge on any atom is -0.349 e. The zero-order chi connectivity index (χ0) is 22.2. The number of pyridine rings is 1. The molecule has 1 N–H and O–H groups in total. The lowest BCUT2D eigenvalue weighted by molar-refractivity contribution is 0.102. The summed E-state index contributed by atoms with van der Waals surface area (Å²) in [6, 6.07) is 8.58. The van der Waals surface area contributed by atoms with Crippen molar-refractivity contribution in [3.63, 3.8) is 0 Å². The molecule has 0 saturated carbocycles. The average Bonchev–Trinajstić information content (AvgIpc) is 3.43. The lowest BCUT2D eigenvalue weighted by Crippen LogP contribution is -2.25. The van der Waals surface area contributed by atoms with Gasteiger partial charge < -0.3 is 10.2 Å². The third-order valence-electron chi connectivity index (χ3n) is 5.70. The zero-order valence-electron chi connectivity index (χ0n) is 17.3. The second-order valence-electron chi connectivity index (χ2n) is 7.75. The lowest BCUT2D eigenvalue weighted by atomic mass is 10.0. The van der Waals surface area contributed by atoms with Crippen LogP contribution in [0.15, 0.2) is 55.0 Å². The number of amides is 1. The van der Waals surface area contributed by atoms with Crippen molar-refractivity contribution in [2.45, 2.75) is 25.8 Å². The maximum atomic E-state index is 14.4. The Morgan fingerprint density at radius 3 is 2.94 bits per heavy atom. The van der Waals surface area contributed by atoms with Gasteiger partial charge in [0.25, 0.3) is 5.91 Å². The fourth-order valence-electron chi connectivity index (χ4n) is 4.11. The molecule has 4 heterocycles. The molecule has 0 spiro atoms. The van der Waals surface area contributed by atoms with Gasteiger partial charge in [0.1, 0.15) is 28.8 Å². The van der Waals surface area contributed by atoms with E-state index in [2.05, 4.69) is 20.4 Å². The summed E-state index contributed by atoms with van der Waals surface area (Å²) in [4.78, 5) is 23.7. The summed E-state index contributed by atoms with van der Waals surface area (Å²) in [5, 5.41) is 7.01. The van der Waals surface area contributed by atoms with Crippen LogP contribution < -0.4 is 10.2 Å². The van der Waals surface area contributed by atoms with Crippen LogP contribution >= 0.6 is 0 Å². The Morgan fingerprint density at radius 2 is 2.09 bits per heavy atom. The summed E-state index contributed by atoms with van der Waals surface area (Å²) in [5.74, 6) is -0.252. The molecule has 1 amide bonds. The molecule has 5 rings (SSSR count). The number of anilines is 2. The van der Waals surface area contributed by atoms with Gasteiger partial charge in [-0.05, 0) is 55.7 Å². The fraction of sp³-hybridized carbons (Fsp3) is 0.217.